The molecule has 182 valence electrons. The SMILES string of the molecule is CNC(=O)c1c(-c2ccc(F)cc2)oc2cc(N(C)S(C)(=O)=O)c(-c3ccc(OC)c(C)n3)cc12. The van der Waals surface area contributed by atoms with Crippen molar-refractivity contribution in [2.24, 2.45) is 0 Å². The molecular formula is C25H24FN3O5S. The molecular weight excluding hydrogens is 473 g/mol. The molecule has 1 N–H and O–H groups in total. The Balaban J connectivity index is 2.08. The van der Waals surface area contributed by atoms with Gasteiger partial charge in [0.1, 0.15) is 22.9 Å². The molecule has 35 heavy (non-hydrogen) atoms. The number of carbonyl (C=O) groups excluding carboxylic acids is 1. The summed E-state index contributed by atoms with van der Waals surface area (Å²) >= 11 is 0. The number of ether oxygens (including phenoxy) is 1. The number of aromatic nitrogens is 1. The minimum atomic E-state index is -3.64. The highest BCUT2D eigenvalue weighted by molar-refractivity contribution is 7.92. The first-order valence-corrected chi connectivity index (χ1v) is 12.4. The monoisotopic (exact) mass is 497 g/mol. The Morgan fingerprint density at radius 2 is 1.83 bits per heavy atom. The van der Waals surface area contributed by atoms with Crippen molar-refractivity contribution in [1.82, 2.24) is 10.3 Å². The van der Waals surface area contributed by atoms with Crippen LogP contribution in [0.1, 0.15) is 16.1 Å². The van der Waals surface area contributed by atoms with Gasteiger partial charge in [-0.2, -0.15) is 0 Å². The van der Waals surface area contributed by atoms with Crippen LogP contribution in [-0.2, 0) is 10.0 Å². The Bertz CT molecular complexity index is 1550. The van der Waals surface area contributed by atoms with Crippen LogP contribution in [0, 0.1) is 12.7 Å². The van der Waals surface area contributed by atoms with Crippen molar-refractivity contribution in [3.05, 3.63) is 65.6 Å². The minimum Gasteiger partial charge on any atom is -0.495 e. The number of anilines is 1. The van der Waals surface area contributed by atoms with Gasteiger partial charge in [0.15, 0.2) is 0 Å². The number of furan rings is 1. The lowest BCUT2D eigenvalue weighted by molar-refractivity contribution is 0.0964. The Morgan fingerprint density at radius 1 is 1.14 bits per heavy atom. The number of amides is 1. The molecule has 2 heterocycles. The first-order chi connectivity index (χ1) is 16.5. The van der Waals surface area contributed by atoms with E-state index < -0.39 is 21.7 Å². The molecule has 0 bridgehead atoms. The van der Waals surface area contributed by atoms with Crippen LogP contribution in [-0.4, -0.2) is 46.8 Å². The molecule has 8 nitrogen and oxygen atoms in total. The van der Waals surface area contributed by atoms with Crippen molar-refractivity contribution in [3.63, 3.8) is 0 Å². The van der Waals surface area contributed by atoms with Gasteiger partial charge in [-0.25, -0.2) is 17.8 Å². The van der Waals surface area contributed by atoms with E-state index >= 15 is 0 Å². The van der Waals surface area contributed by atoms with Gasteiger partial charge in [-0.05, 0) is 49.4 Å². The molecule has 0 spiro atoms. The van der Waals surface area contributed by atoms with Gasteiger partial charge in [0.05, 0.1) is 36.0 Å². The van der Waals surface area contributed by atoms with Gasteiger partial charge in [-0.15, -0.1) is 0 Å². The number of fused-ring (bicyclic) bond motifs is 1. The second kappa shape index (κ2) is 9.03. The van der Waals surface area contributed by atoms with E-state index in [4.69, 9.17) is 9.15 Å². The van der Waals surface area contributed by atoms with Gasteiger partial charge in [0.2, 0.25) is 10.0 Å². The molecule has 0 unspecified atom stereocenters. The lowest BCUT2D eigenvalue weighted by Gasteiger charge is -2.20. The molecule has 1 amide bonds. The van der Waals surface area contributed by atoms with E-state index in [-0.39, 0.29) is 11.3 Å². The summed E-state index contributed by atoms with van der Waals surface area (Å²) in [7, 11) is 0.825. The van der Waals surface area contributed by atoms with Crippen LogP contribution in [0.3, 0.4) is 0 Å². The summed E-state index contributed by atoms with van der Waals surface area (Å²) in [6.07, 6.45) is 1.09. The summed E-state index contributed by atoms with van der Waals surface area (Å²) in [6, 6.07) is 12.3. The molecule has 0 atom stereocenters. The maximum absolute atomic E-state index is 13.5. The maximum Gasteiger partial charge on any atom is 0.255 e. The van der Waals surface area contributed by atoms with Crippen LogP contribution >= 0.6 is 0 Å². The van der Waals surface area contributed by atoms with Gasteiger partial charge in [0, 0.05) is 36.7 Å². The van der Waals surface area contributed by atoms with E-state index in [1.165, 1.54) is 45.5 Å². The van der Waals surface area contributed by atoms with Gasteiger partial charge >= 0.3 is 0 Å². The zero-order valence-corrected chi connectivity index (χ0v) is 20.7. The van der Waals surface area contributed by atoms with Gasteiger partial charge in [0.25, 0.3) is 5.91 Å². The molecule has 0 aliphatic rings. The average Bonchev–Trinajstić information content (AvgIpc) is 3.20. The third-order valence-corrected chi connectivity index (χ3v) is 6.93. The summed E-state index contributed by atoms with van der Waals surface area (Å²) in [4.78, 5) is 17.5. The molecule has 0 fully saturated rings. The first kappa shape index (κ1) is 24.2. The van der Waals surface area contributed by atoms with Crippen LogP contribution in [0.4, 0.5) is 10.1 Å². The molecule has 0 saturated heterocycles. The van der Waals surface area contributed by atoms with Crippen molar-refractivity contribution in [3.8, 4) is 28.3 Å². The number of aryl methyl sites for hydroxylation is 1. The Hall–Kier alpha value is -3.92. The summed E-state index contributed by atoms with van der Waals surface area (Å²) in [5.41, 5.74) is 2.94. The second-order valence-corrected chi connectivity index (χ2v) is 9.99. The Kier molecular flexibility index (Phi) is 6.25. The van der Waals surface area contributed by atoms with E-state index in [9.17, 15) is 17.6 Å². The third kappa shape index (κ3) is 4.44. The zero-order chi connectivity index (χ0) is 25.5. The van der Waals surface area contributed by atoms with Crippen molar-refractivity contribution in [2.75, 3.05) is 31.8 Å². The molecule has 10 heteroatoms. The summed E-state index contributed by atoms with van der Waals surface area (Å²) < 4.78 is 50.9. The number of methoxy groups -OCH3 is 1. The van der Waals surface area contributed by atoms with Gasteiger partial charge in [-0.3, -0.25) is 9.10 Å². The lowest BCUT2D eigenvalue weighted by atomic mass is 10.0. The van der Waals surface area contributed by atoms with Gasteiger partial charge in [-0.1, -0.05) is 0 Å². The van der Waals surface area contributed by atoms with Crippen LogP contribution in [0.25, 0.3) is 33.6 Å². The molecule has 2 aromatic heterocycles. The zero-order valence-electron chi connectivity index (χ0n) is 19.8. The predicted octanol–water partition coefficient (Wildman–Crippen LogP) is 4.37. The Labute approximate surface area is 202 Å². The van der Waals surface area contributed by atoms with Crippen molar-refractivity contribution in [2.45, 2.75) is 6.92 Å². The summed E-state index contributed by atoms with van der Waals surface area (Å²) in [5.74, 6) is -0.00657. The number of halogens is 1. The number of rotatable bonds is 6. The largest absolute Gasteiger partial charge is 0.495 e. The number of hydrogen-bond donors (Lipinski definition) is 1. The molecule has 0 radical (unpaired) electrons. The van der Waals surface area contributed by atoms with E-state index in [1.54, 1.807) is 31.2 Å². The normalized spacial score (nSPS) is 11.5. The summed E-state index contributed by atoms with van der Waals surface area (Å²) in [5, 5.41) is 3.07. The van der Waals surface area contributed by atoms with Crippen LogP contribution in [0.15, 0.2) is 52.9 Å². The highest BCUT2D eigenvalue weighted by Crippen LogP contribution is 2.41. The molecule has 2 aromatic carbocycles. The molecule has 0 saturated carbocycles. The first-order valence-electron chi connectivity index (χ1n) is 10.6. The van der Waals surface area contributed by atoms with Crippen LogP contribution < -0.4 is 14.4 Å². The van der Waals surface area contributed by atoms with E-state index in [0.717, 1.165) is 10.6 Å². The molecule has 4 aromatic rings. The average molecular weight is 498 g/mol. The smallest absolute Gasteiger partial charge is 0.255 e. The Morgan fingerprint density at radius 3 is 2.40 bits per heavy atom. The minimum absolute atomic E-state index is 0.239. The molecule has 0 aliphatic carbocycles. The van der Waals surface area contributed by atoms with Crippen LogP contribution in [0.5, 0.6) is 5.75 Å². The number of nitrogens with one attached hydrogen (secondary N) is 1. The highest BCUT2D eigenvalue weighted by Gasteiger charge is 2.26. The standard InChI is InChI=1S/C25H24FN3O5S/c1-14-21(33-4)11-10-19(28-14)17-12-18-22(13-20(17)29(3)35(5,31)32)34-24(23(18)25(30)27-2)15-6-8-16(26)9-7-15/h6-13H,1-5H3,(H,27,30). The summed E-state index contributed by atoms with van der Waals surface area (Å²) in [6.45, 7) is 1.78. The number of benzene rings is 2. The number of carbonyl (C=O) groups is 1. The van der Waals surface area contributed by atoms with Crippen LogP contribution in [0.2, 0.25) is 0 Å². The fraction of sp³-hybridized carbons (Fsp3) is 0.200. The highest BCUT2D eigenvalue weighted by atomic mass is 32.2. The van der Waals surface area contributed by atoms with Crippen molar-refractivity contribution >= 4 is 32.6 Å². The van der Waals surface area contributed by atoms with E-state index in [1.807, 2.05) is 0 Å². The molecule has 4 rings (SSSR count). The quantitative estimate of drug-likeness (QED) is 0.424. The number of sulfonamides is 1. The number of pyridine rings is 1. The van der Waals surface area contributed by atoms with Crippen molar-refractivity contribution < 1.29 is 26.8 Å². The lowest BCUT2D eigenvalue weighted by Crippen LogP contribution is -2.25. The second-order valence-electron chi connectivity index (χ2n) is 7.97. The van der Waals surface area contributed by atoms with E-state index in [0.29, 0.717) is 44.9 Å². The maximum atomic E-state index is 13.5. The number of nitrogens with zero attached hydrogens (tertiary/aromatic N) is 2. The van der Waals surface area contributed by atoms with E-state index in [2.05, 4.69) is 10.3 Å². The fourth-order valence-electron chi connectivity index (χ4n) is 3.85. The molecule has 0 aliphatic heterocycles. The number of hydrogen-bond acceptors (Lipinski definition) is 6. The third-order valence-electron chi connectivity index (χ3n) is 5.74. The topological polar surface area (TPSA) is 102 Å². The van der Waals surface area contributed by atoms with Gasteiger partial charge < -0.3 is 14.5 Å². The predicted molar refractivity (Wildman–Crippen MR) is 133 cm³/mol. The van der Waals surface area contributed by atoms with Crippen molar-refractivity contribution in [1.29, 1.82) is 0 Å². The fourth-order valence-corrected chi connectivity index (χ4v) is 4.35.